The highest BCUT2D eigenvalue weighted by Gasteiger charge is 2.20. The molecule has 0 saturated heterocycles. The van der Waals surface area contributed by atoms with Crippen LogP contribution in [0.2, 0.25) is 0 Å². The summed E-state index contributed by atoms with van der Waals surface area (Å²) in [7, 11) is 0. The van der Waals surface area contributed by atoms with Gasteiger partial charge in [0, 0.05) is 5.56 Å². The minimum absolute atomic E-state index is 0.0533. The van der Waals surface area contributed by atoms with Gasteiger partial charge in [0.2, 0.25) is 0 Å². The SMILES string of the molecule is Cc1cc(F)c(C(C)C)cc1C(=O)C(=O)O. The first-order valence-corrected chi connectivity index (χ1v) is 4.92. The Labute approximate surface area is 92.9 Å². The molecule has 1 rings (SSSR count). The second-order valence-corrected chi connectivity index (χ2v) is 3.98. The van der Waals surface area contributed by atoms with Crippen molar-refractivity contribution in [2.75, 3.05) is 0 Å². The van der Waals surface area contributed by atoms with Gasteiger partial charge in [-0.3, -0.25) is 4.79 Å². The van der Waals surface area contributed by atoms with Crippen molar-refractivity contribution in [2.45, 2.75) is 26.7 Å². The maximum absolute atomic E-state index is 13.5. The highest BCUT2D eigenvalue weighted by Crippen LogP contribution is 2.22. The van der Waals surface area contributed by atoms with Gasteiger partial charge < -0.3 is 5.11 Å². The van der Waals surface area contributed by atoms with Crippen LogP contribution in [-0.2, 0) is 4.79 Å². The first-order chi connectivity index (χ1) is 7.34. The molecular weight excluding hydrogens is 211 g/mol. The standard InChI is InChI=1S/C12H13FO3/c1-6(2)8-5-9(11(14)12(15)16)7(3)4-10(8)13/h4-6H,1-3H3,(H,15,16). The highest BCUT2D eigenvalue weighted by molar-refractivity contribution is 6.40. The maximum Gasteiger partial charge on any atom is 0.377 e. The number of aliphatic carboxylic acids is 1. The molecular formula is C12H13FO3. The molecule has 86 valence electrons. The average Bonchev–Trinajstić information content (AvgIpc) is 2.16. The molecule has 3 nitrogen and oxygen atoms in total. The molecule has 16 heavy (non-hydrogen) atoms. The quantitative estimate of drug-likeness (QED) is 0.634. The van der Waals surface area contributed by atoms with Crippen molar-refractivity contribution in [1.82, 2.24) is 0 Å². The van der Waals surface area contributed by atoms with Crippen molar-refractivity contribution in [3.05, 3.63) is 34.6 Å². The largest absolute Gasteiger partial charge is 0.475 e. The number of carbonyl (C=O) groups is 2. The van der Waals surface area contributed by atoms with Gasteiger partial charge in [0.15, 0.2) is 0 Å². The molecule has 0 fully saturated rings. The zero-order valence-corrected chi connectivity index (χ0v) is 9.37. The number of halogens is 1. The summed E-state index contributed by atoms with van der Waals surface area (Å²) in [6.45, 7) is 5.08. The van der Waals surface area contributed by atoms with Crippen LogP contribution in [-0.4, -0.2) is 16.9 Å². The number of carboxylic acids is 1. The molecule has 0 aliphatic heterocycles. The van der Waals surface area contributed by atoms with Gasteiger partial charge in [0.25, 0.3) is 5.78 Å². The Kier molecular flexibility index (Phi) is 3.42. The van der Waals surface area contributed by atoms with Crippen molar-refractivity contribution in [2.24, 2.45) is 0 Å². The Hall–Kier alpha value is -1.71. The molecule has 1 aromatic carbocycles. The minimum Gasteiger partial charge on any atom is -0.475 e. The van der Waals surface area contributed by atoms with Crippen molar-refractivity contribution in [3.8, 4) is 0 Å². The van der Waals surface area contributed by atoms with Gasteiger partial charge in [-0.1, -0.05) is 13.8 Å². The second kappa shape index (κ2) is 4.43. The van der Waals surface area contributed by atoms with E-state index < -0.39 is 17.6 Å². The third kappa shape index (κ3) is 2.27. The summed E-state index contributed by atoms with van der Waals surface area (Å²) >= 11 is 0. The lowest BCUT2D eigenvalue weighted by Gasteiger charge is -2.10. The maximum atomic E-state index is 13.5. The number of carbonyl (C=O) groups excluding carboxylic acids is 1. The van der Waals surface area contributed by atoms with Crippen molar-refractivity contribution < 1.29 is 19.1 Å². The predicted octanol–water partition coefficient (Wildman–Crippen LogP) is 2.52. The predicted molar refractivity (Wildman–Crippen MR) is 57.2 cm³/mol. The van der Waals surface area contributed by atoms with Crippen LogP contribution in [0.3, 0.4) is 0 Å². The van der Waals surface area contributed by atoms with Gasteiger partial charge in [0.05, 0.1) is 0 Å². The summed E-state index contributed by atoms with van der Waals surface area (Å²) in [5, 5.41) is 8.62. The van der Waals surface area contributed by atoms with E-state index in [1.54, 1.807) is 13.8 Å². The molecule has 1 aromatic rings. The molecule has 0 heterocycles. The van der Waals surface area contributed by atoms with E-state index in [1.165, 1.54) is 19.1 Å². The molecule has 0 amide bonds. The smallest absolute Gasteiger partial charge is 0.377 e. The fraction of sp³-hybridized carbons (Fsp3) is 0.333. The van der Waals surface area contributed by atoms with Crippen molar-refractivity contribution >= 4 is 11.8 Å². The molecule has 0 unspecified atom stereocenters. The van der Waals surface area contributed by atoms with Crippen LogP contribution in [0, 0.1) is 12.7 Å². The number of benzene rings is 1. The Morgan fingerprint density at radius 3 is 2.31 bits per heavy atom. The first kappa shape index (κ1) is 12.4. The van der Waals surface area contributed by atoms with Crippen molar-refractivity contribution in [3.63, 3.8) is 0 Å². The zero-order valence-electron chi connectivity index (χ0n) is 9.37. The Balaban J connectivity index is 3.36. The van der Waals surface area contributed by atoms with E-state index in [9.17, 15) is 14.0 Å². The van der Waals surface area contributed by atoms with Crippen LogP contribution in [0.1, 0.15) is 41.3 Å². The summed E-state index contributed by atoms with van der Waals surface area (Å²) in [6, 6.07) is 2.53. The monoisotopic (exact) mass is 224 g/mol. The topological polar surface area (TPSA) is 54.4 Å². The fourth-order valence-corrected chi connectivity index (χ4v) is 1.49. The van der Waals surface area contributed by atoms with E-state index >= 15 is 0 Å². The summed E-state index contributed by atoms with van der Waals surface area (Å²) in [6.07, 6.45) is 0. The van der Waals surface area contributed by atoms with Crippen LogP contribution in [0.15, 0.2) is 12.1 Å². The molecule has 0 radical (unpaired) electrons. The van der Waals surface area contributed by atoms with Crippen LogP contribution in [0.4, 0.5) is 4.39 Å². The normalized spacial score (nSPS) is 10.6. The van der Waals surface area contributed by atoms with Crippen LogP contribution in [0.5, 0.6) is 0 Å². The number of carboxylic acid groups (broad SMARTS) is 1. The van der Waals surface area contributed by atoms with E-state index in [4.69, 9.17) is 5.11 Å². The highest BCUT2D eigenvalue weighted by atomic mass is 19.1. The zero-order chi connectivity index (χ0) is 12.5. The van der Waals surface area contributed by atoms with Gasteiger partial charge in [0.1, 0.15) is 5.82 Å². The minimum atomic E-state index is -1.52. The molecule has 0 saturated carbocycles. The number of rotatable bonds is 3. The van der Waals surface area contributed by atoms with Crippen LogP contribution < -0.4 is 0 Å². The van der Waals surface area contributed by atoms with Crippen molar-refractivity contribution in [1.29, 1.82) is 0 Å². The third-order valence-corrected chi connectivity index (χ3v) is 2.40. The van der Waals surface area contributed by atoms with E-state index in [-0.39, 0.29) is 11.5 Å². The molecule has 4 heteroatoms. The third-order valence-electron chi connectivity index (χ3n) is 2.40. The molecule has 0 spiro atoms. The lowest BCUT2D eigenvalue weighted by atomic mass is 9.95. The van der Waals surface area contributed by atoms with Gasteiger partial charge >= 0.3 is 5.97 Å². The molecule has 0 bridgehead atoms. The van der Waals surface area contributed by atoms with Crippen LogP contribution in [0.25, 0.3) is 0 Å². The molecule has 0 atom stereocenters. The van der Waals surface area contributed by atoms with Crippen LogP contribution >= 0.6 is 0 Å². The van der Waals surface area contributed by atoms with Gasteiger partial charge in [-0.25, -0.2) is 9.18 Å². The number of Topliss-reactive ketones (excluding diaryl/α,β-unsaturated/α-hetero) is 1. The Morgan fingerprint density at radius 1 is 1.31 bits per heavy atom. The Morgan fingerprint density at radius 2 is 1.88 bits per heavy atom. The van der Waals surface area contributed by atoms with E-state index in [0.717, 1.165) is 0 Å². The summed E-state index contributed by atoms with van der Waals surface area (Å²) < 4.78 is 13.5. The number of ketones is 1. The van der Waals surface area contributed by atoms with E-state index in [0.29, 0.717) is 11.1 Å². The molecule has 0 aliphatic carbocycles. The van der Waals surface area contributed by atoms with E-state index in [1.807, 2.05) is 0 Å². The number of hydrogen-bond donors (Lipinski definition) is 1. The lowest BCUT2D eigenvalue weighted by molar-refractivity contribution is -0.131. The fourth-order valence-electron chi connectivity index (χ4n) is 1.49. The average molecular weight is 224 g/mol. The van der Waals surface area contributed by atoms with E-state index in [2.05, 4.69) is 0 Å². The van der Waals surface area contributed by atoms with Gasteiger partial charge in [-0.2, -0.15) is 0 Å². The van der Waals surface area contributed by atoms with Gasteiger partial charge in [-0.05, 0) is 36.1 Å². The second-order valence-electron chi connectivity index (χ2n) is 3.98. The number of aryl methyl sites for hydroxylation is 1. The molecule has 0 aromatic heterocycles. The summed E-state index contributed by atoms with van der Waals surface area (Å²) in [5.74, 6) is -3.03. The first-order valence-electron chi connectivity index (χ1n) is 4.92. The Bertz CT molecular complexity index is 450. The molecule has 0 aliphatic rings. The lowest BCUT2D eigenvalue weighted by Crippen LogP contribution is -2.15. The van der Waals surface area contributed by atoms with Gasteiger partial charge in [-0.15, -0.1) is 0 Å². The number of hydrogen-bond acceptors (Lipinski definition) is 2. The summed E-state index contributed by atoms with van der Waals surface area (Å²) in [5.41, 5.74) is 0.752. The summed E-state index contributed by atoms with van der Waals surface area (Å²) in [4.78, 5) is 21.9. The molecule has 1 N–H and O–H groups in total.